The molecule has 0 radical (unpaired) electrons. The Morgan fingerprint density at radius 3 is 2.30 bits per heavy atom. The Bertz CT molecular complexity index is 483. The number of amides is 1. The molecule has 0 bridgehead atoms. The molecule has 0 spiro atoms. The molecule has 0 aliphatic rings. The van der Waals surface area contributed by atoms with Crippen molar-refractivity contribution in [2.45, 2.75) is 31.7 Å². The Morgan fingerprint density at radius 2 is 1.85 bits per heavy atom. The maximum absolute atomic E-state index is 11.7. The molecular formula is C15H24N2O2S. The van der Waals surface area contributed by atoms with Gasteiger partial charge in [0, 0.05) is 41.6 Å². The Hall–Kier alpha value is -1.20. The Balaban J connectivity index is 2.65. The molecule has 20 heavy (non-hydrogen) atoms. The van der Waals surface area contributed by atoms with Crippen LogP contribution in [0.5, 0.6) is 0 Å². The van der Waals surface area contributed by atoms with Gasteiger partial charge in [-0.1, -0.05) is 12.1 Å². The summed E-state index contributed by atoms with van der Waals surface area (Å²) < 4.78 is 11.3. The zero-order valence-corrected chi connectivity index (χ0v) is 13.6. The topological polar surface area (TPSA) is 58.2 Å². The summed E-state index contributed by atoms with van der Waals surface area (Å²) in [5.74, 6) is 0.0222. The average molecular weight is 296 g/mol. The van der Waals surface area contributed by atoms with Crippen molar-refractivity contribution in [2.75, 3.05) is 19.8 Å². The molecule has 4 nitrogen and oxygen atoms in total. The molecule has 1 aromatic carbocycles. The van der Waals surface area contributed by atoms with E-state index in [1.807, 2.05) is 38.1 Å². The van der Waals surface area contributed by atoms with Crippen LogP contribution in [0.3, 0.4) is 0 Å². The lowest BCUT2D eigenvalue weighted by atomic mass is 9.91. The normalized spacial score (nSPS) is 14.7. The number of hydrogen-bond donors (Lipinski definition) is 2. The smallest absolute Gasteiger partial charge is 0.226 e. The molecule has 0 fully saturated rings. The summed E-state index contributed by atoms with van der Waals surface area (Å²) in [5.41, 5.74) is 0.667. The molecule has 1 amide bonds. The van der Waals surface area contributed by atoms with Gasteiger partial charge in [0.05, 0.1) is 5.41 Å². The summed E-state index contributed by atoms with van der Waals surface area (Å²) in [5, 5.41) is 6.04. The lowest BCUT2D eigenvalue weighted by Crippen LogP contribution is -2.42. The highest BCUT2D eigenvalue weighted by Crippen LogP contribution is 2.18. The van der Waals surface area contributed by atoms with E-state index >= 15 is 0 Å². The van der Waals surface area contributed by atoms with Crippen LogP contribution in [-0.2, 0) is 15.6 Å². The van der Waals surface area contributed by atoms with E-state index < -0.39 is 16.2 Å². The number of hydrogen-bond acceptors (Lipinski definition) is 3. The number of nitrogens with one attached hydrogen (secondary N) is 2. The van der Waals surface area contributed by atoms with Gasteiger partial charge in [-0.2, -0.15) is 0 Å². The van der Waals surface area contributed by atoms with Crippen LogP contribution in [0.15, 0.2) is 29.2 Å². The molecule has 0 aromatic heterocycles. The van der Waals surface area contributed by atoms with Crippen LogP contribution in [0, 0.1) is 5.41 Å². The first-order valence-electron chi connectivity index (χ1n) is 6.67. The third kappa shape index (κ3) is 4.42. The van der Waals surface area contributed by atoms with E-state index in [4.69, 9.17) is 0 Å². The van der Waals surface area contributed by atoms with Gasteiger partial charge in [0.2, 0.25) is 5.91 Å². The highest BCUT2D eigenvalue weighted by Gasteiger charge is 2.26. The van der Waals surface area contributed by atoms with Crippen LogP contribution in [-0.4, -0.2) is 30.0 Å². The first-order valence-corrected chi connectivity index (χ1v) is 8.22. The fourth-order valence-corrected chi connectivity index (χ4v) is 2.41. The highest BCUT2D eigenvalue weighted by molar-refractivity contribution is 7.84. The summed E-state index contributed by atoms with van der Waals surface area (Å²) in [6, 6.07) is 7.85. The van der Waals surface area contributed by atoms with Crippen LogP contribution in [0.25, 0.3) is 0 Å². The van der Waals surface area contributed by atoms with Gasteiger partial charge in [-0.05, 0) is 38.5 Å². The van der Waals surface area contributed by atoms with Crippen LogP contribution in [0.4, 0.5) is 0 Å². The fourth-order valence-electron chi connectivity index (χ4n) is 1.89. The molecule has 112 valence electrons. The SMILES string of the molecule is CNC(=O)C(C)(C)CN[C@@H](C)c1ccc([S@@](C)=O)cc1. The van der Waals surface area contributed by atoms with Crippen molar-refractivity contribution in [1.29, 1.82) is 0 Å². The maximum atomic E-state index is 11.7. The zero-order chi connectivity index (χ0) is 15.3. The van der Waals surface area contributed by atoms with Gasteiger partial charge in [-0.25, -0.2) is 0 Å². The van der Waals surface area contributed by atoms with E-state index in [2.05, 4.69) is 17.6 Å². The summed E-state index contributed by atoms with van der Waals surface area (Å²) >= 11 is 0. The fraction of sp³-hybridized carbons (Fsp3) is 0.533. The number of carbonyl (C=O) groups excluding carboxylic acids is 1. The Morgan fingerprint density at radius 1 is 1.30 bits per heavy atom. The van der Waals surface area contributed by atoms with Gasteiger partial charge in [-0.15, -0.1) is 0 Å². The highest BCUT2D eigenvalue weighted by atomic mass is 32.2. The second-order valence-corrected chi connectivity index (χ2v) is 6.97. The standard InChI is InChI=1S/C15H24N2O2S/c1-11(17-10-15(2,3)14(18)16-4)12-6-8-13(9-7-12)20(5)19/h6-9,11,17H,10H2,1-5H3,(H,16,18)/t11-,20+/m0/s1. The van der Waals surface area contributed by atoms with Crippen molar-refractivity contribution in [2.24, 2.45) is 5.41 Å². The lowest BCUT2D eigenvalue weighted by Gasteiger charge is -2.25. The van der Waals surface area contributed by atoms with E-state index in [1.54, 1.807) is 13.3 Å². The van der Waals surface area contributed by atoms with Gasteiger partial charge in [0.25, 0.3) is 0 Å². The van der Waals surface area contributed by atoms with Crippen molar-refractivity contribution < 1.29 is 9.00 Å². The molecule has 5 heteroatoms. The molecule has 1 rings (SSSR count). The molecule has 0 saturated carbocycles. The van der Waals surface area contributed by atoms with Crippen LogP contribution in [0.2, 0.25) is 0 Å². The minimum atomic E-state index is -0.949. The van der Waals surface area contributed by atoms with Crippen molar-refractivity contribution >= 4 is 16.7 Å². The van der Waals surface area contributed by atoms with Gasteiger partial charge in [0.15, 0.2) is 0 Å². The van der Waals surface area contributed by atoms with Crippen molar-refractivity contribution in [3.8, 4) is 0 Å². The third-order valence-corrected chi connectivity index (χ3v) is 4.34. The maximum Gasteiger partial charge on any atom is 0.226 e. The minimum Gasteiger partial charge on any atom is -0.359 e. The minimum absolute atomic E-state index is 0.0222. The Labute approximate surface area is 123 Å². The van der Waals surface area contributed by atoms with Crippen molar-refractivity contribution in [3.63, 3.8) is 0 Å². The molecule has 0 heterocycles. The van der Waals surface area contributed by atoms with Gasteiger partial charge in [0.1, 0.15) is 0 Å². The molecule has 1 aromatic rings. The zero-order valence-electron chi connectivity index (χ0n) is 12.8. The second-order valence-electron chi connectivity index (χ2n) is 5.59. The van der Waals surface area contributed by atoms with Crippen molar-refractivity contribution in [1.82, 2.24) is 10.6 Å². The van der Waals surface area contributed by atoms with E-state index in [9.17, 15) is 9.00 Å². The average Bonchev–Trinajstić information content (AvgIpc) is 2.43. The van der Waals surface area contributed by atoms with Gasteiger partial charge in [-0.3, -0.25) is 9.00 Å². The Kier molecular flexibility index (Phi) is 5.89. The van der Waals surface area contributed by atoms with E-state index in [-0.39, 0.29) is 11.9 Å². The molecule has 0 saturated heterocycles. The summed E-state index contributed by atoms with van der Waals surface area (Å²) in [6.45, 7) is 6.47. The predicted molar refractivity (Wildman–Crippen MR) is 83.0 cm³/mol. The lowest BCUT2D eigenvalue weighted by molar-refractivity contribution is -0.128. The second kappa shape index (κ2) is 6.99. The monoisotopic (exact) mass is 296 g/mol. The van der Waals surface area contributed by atoms with Crippen molar-refractivity contribution in [3.05, 3.63) is 29.8 Å². The molecule has 0 aliphatic carbocycles. The third-order valence-electron chi connectivity index (χ3n) is 3.40. The number of benzene rings is 1. The predicted octanol–water partition coefficient (Wildman–Crippen LogP) is 1.85. The summed E-state index contributed by atoms with van der Waals surface area (Å²) in [7, 11) is 0.701. The number of carbonyl (C=O) groups is 1. The van der Waals surface area contributed by atoms with Gasteiger partial charge < -0.3 is 10.6 Å². The van der Waals surface area contributed by atoms with E-state index in [0.717, 1.165) is 10.5 Å². The molecule has 0 aliphatic heterocycles. The first-order chi connectivity index (χ1) is 9.27. The molecule has 0 unspecified atom stereocenters. The molecular weight excluding hydrogens is 272 g/mol. The molecule has 2 N–H and O–H groups in total. The van der Waals surface area contributed by atoms with E-state index in [0.29, 0.717) is 6.54 Å². The van der Waals surface area contributed by atoms with Crippen LogP contribution < -0.4 is 10.6 Å². The first kappa shape index (κ1) is 16.9. The van der Waals surface area contributed by atoms with Crippen LogP contribution in [0.1, 0.15) is 32.4 Å². The summed E-state index contributed by atoms with van der Waals surface area (Å²) in [4.78, 5) is 12.5. The number of rotatable bonds is 6. The van der Waals surface area contributed by atoms with E-state index in [1.165, 1.54) is 0 Å². The largest absolute Gasteiger partial charge is 0.359 e. The van der Waals surface area contributed by atoms with Gasteiger partial charge >= 0.3 is 0 Å². The molecule has 2 atom stereocenters. The summed E-state index contributed by atoms with van der Waals surface area (Å²) in [6.07, 6.45) is 1.67. The quantitative estimate of drug-likeness (QED) is 0.842. The van der Waals surface area contributed by atoms with Crippen LogP contribution >= 0.6 is 0 Å².